The van der Waals surface area contributed by atoms with Gasteiger partial charge in [0.1, 0.15) is 24.5 Å². The highest BCUT2D eigenvalue weighted by atomic mass is 16.5. The van der Waals surface area contributed by atoms with E-state index in [0.717, 1.165) is 0 Å². The Morgan fingerprint density at radius 2 is 2.44 bits per heavy atom. The maximum Gasteiger partial charge on any atom is 0.257 e. The minimum absolute atomic E-state index is 0.138. The van der Waals surface area contributed by atoms with Gasteiger partial charge < -0.3 is 20.7 Å². The van der Waals surface area contributed by atoms with Crippen molar-refractivity contribution in [1.82, 2.24) is 9.55 Å². The first-order valence-corrected chi connectivity index (χ1v) is 4.90. The van der Waals surface area contributed by atoms with Crippen LogP contribution in [0.3, 0.4) is 0 Å². The van der Waals surface area contributed by atoms with E-state index in [4.69, 9.17) is 15.6 Å². The number of nitrogens with zero attached hydrogens (tertiary/aromatic N) is 2. The highest BCUT2D eigenvalue weighted by molar-refractivity contribution is 5.23. The zero-order chi connectivity index (χ0) is 11.7. The Hall–Kier alpha value is -1.44. The fraction of sp³-hybridized carbons (Fsp3) is 0.556. The number of anilines is 1. The second-order valence-electron chi connectivity index (χ2n) is 3.67. The van der Waals surface area contributed by atoms with Gasteiger partial charge in [-0.15, -0.1) is 0 Å². The standard InChI is InChI=1S/C9H13N3O4/c10-7-2-8(15)12(4-11-7)9-1-5(14)6(3-13)16-9/h2,4-6,9,13-14H,1,3,10H2/t5-,6+,9-/m0/s1. The lowest BCUT2D eigenvalue weighted by atomic mass is 10.2. The number of aliphatic hydroxyl groups is 2. The van der Waals surface area contributed by atoms with Crippen LogP contribution < -0.4 is 11.3 Å². The number of aliphatic hydroxyl groups excluding tert-OH is 2. The van der Waals surface area contributed by atoms with Gasteiger partial charge in [-0.3, -0.25) is 9.36 Å². The van der Waals surface area contributed by atoms with Crippen molar-refractivity contribution < 1.29 is 14.9 Å². The van der Waals surface area contributed by atoms with Crippen LogP contribution in [-0.2, 0) is 4.74 Å². The normalized spacial score (nSPS) is 29.5. The topological polar surface area (TPSA) is 111 Å². The number of ether oxygens (including phenoxy) is 1. The van der Waals surface area contributed by atoms with E-state index < -0.39 is 18.4 Å². The van der Waals surface area contributed by atoms with Crippen LogP contribution in [-0.4, -0.2) is 38.6 Å². The third-order valence-electron chi connectivity index (χ3n) is 2.55. The molecular formula is C9H13N3O4. The van der Waals surface area contributed by atoms with E-state index in [0.29, 0.717) is 0 Å². The molecule has 1 aliphatic heterocycles. The number of nitrogens with two attached hydrogens (primary N) is 1. The zero-order valence-electron chi connectivity index (χ0n) is 8.48. The molecular weight excluding hydrogens is 214 g/mol. The molecule has 3 atom stereocenters. The van der Waals surface area contributed by atoms with Gasteiger partial charge in [-0.05, 0) is 0 Å². The Morgan fingerprint density at radius 3 is 3.00 bits per heavy atom. The first kappa shape index (κ1) is 11.1. The summed E-state index contributed by atoms with van der Waals surface area (Å²) < 4.78 is 6.56. The Balaban J connectivity index is 2.23. The number of nitrogen functional groups attached to an aromatic ring is 1. The average Bonchev–Trinajstić information content (AvgIpc) is 2.59. The molecule has 0 spiro atoms. The van der Waals surface area contributed by atoms with Gasteiger partial charge in [-0.25, -0.2) is 4.98 Å². The van der Waals surface area contributed by atoms with Crippen LogP contribution in [0.4, 0.5) is 5.82 Å². The Labute approximate surface area is 91.1 Å². The molecule has 4 N–H and O–H groups in total. The van der Waals surface area contributed by atoms with Crippen molar-refractivity contribution in [2.45, 2.75) is 24.9 Å². The third kappa shape index (κ3) is 1.92. The maximum absolute atomic E-state index is 11.5. The van der Waals surface area contributed by atoms with Gasteiger partial charge >= 0.3 is 0 Å². The van der Waals surface area contributed by atoms with Crippen LogP contribution in [0.2, 0.25) is 0 Å². The number of aromatic nitrogens is 2. The highest BCUT2D eigenvalue weighted by Gasteiger charge is 2.34. The molecule has 1 aromatic rings. The molecule has 16 heavy (non-hydrogen) atoms. The summed E-state index contributed by atoms with van der Waals surface area (Å²) in [5, 5.41) is 18.4. The molecule has 0 aromatic carbocycles. The van der Waals surface area contributed by atoms with Crippen molar-refractivity contribution in [2.24, 2.45) is 0 Å². The molecule has 0 bridgehead atoms. The van der Waals surface area contributed by atoms with Crippen LogP contribution in [0.15, 0.2) is 17.2 Å². The Bertz CT molecular complexity index is 433. The summed E-state index contributed by atoms with van der Waals surface area (Å²) in [7, 11) is 0. The van der Waals surface area contributed by atoms with Gasteiger partial charge in [0.25, 0.3) is 5.56 Å². The summed E-state index contributed by atoms with van der Waals surface area (Å²) in [6, 6.07) is 1.18. The Kier molecular flexibility index (Phi) is 2.90. The summed E-state index contributed by atoms with van der Waals surface area (Å²) in [5.41, 5.74) is 5.01. The van der Waals surface area contributed by atoms with Crippen molar-refractivity contribution in [3.8, 4) is 0 Å². The minimum atomic E-state index is -0.778. The minimum Gasteiger partial charge on any atom is -0.394 e. The SMILES string of the molecule is Nc1cc(=O)n([C@@H]2C[C@H](O)[C@@H](CO)O2)cn1. The van der Waals surface area contributed by atoms with Gasteiger partial charge in [-0.1, -0.05) is 0 Å². The van der Waals surface area contributed by atoms with E-state index >= 15 is 0 Å². The zero-order valence-corrected chi connectivity index (χ0v) is 8.48. The lowest BCUT2D eigenvalue weighted by Crippen LogP contribution is -2.26. The van der Waals surface area contributed by atoms with Gasteiger partial charge in [0.2, 0.25) is 0 Å². The van der Waals surface area contributed by atoms with Crippen molar-refractivity contribution in [3.05, 3.63) is 22.7 Å². The Morgan fingerprint density at radius 1 is 1.69 bits per heavy atom. The van der Waals surface area contributed by atoms with E-state index in [1.165, 1.54) is 17.0 Å². The number of rotatable bonds is 2. The fourth-order valence-electron chi connectivity index (χ4n) is 1.69. The second-order valence-corrected chi connectivity index (χ2v) is 3.67. The highest BCUT2D eigenvalue weighted by Crippen LogP contribution is 2.26. The number of hydrogen-bond acceptors (Lipinski definition) is 6. The molecule has 2 heterocycles. The van der Waals surface area contributed by atoms with Crippen LogP contribution in [0, 0.1) is 0 Å². The van der Waals surface area contributed by atoms with Crippen LogP contribution in [0.5, 0.6) is 0 Å². The molecule has 0 saturated carbocycles. The third-order valence-corrected chi connectivity index (χ3v) is 2.55. The van der Waals surface area contributed by atoms with Crippen LogP contribution >= 0.6 is 0 Å². The van der Waals surface area contributed by atoms with Crippen molar-refractivity contribution in [3.63, 3.8) is 0 Å². The molecule has 7 heteroatoms. The smallest absolute Gasteiger partial charge is 0.257 e. The summed E-state index contributed by atoms with van der Waals surface area (Å²) in [4.78, 5) is 15.3. The van der Waals surface area contributed by atoms with E-state index in [2.05, 4.69) is 4.98 Å². The summed E-state index contributed by atoms with van der Waals surface area (Å²) >= 11 is 0. The fourth-order valence-corrected chi connectivity index (χ4v) is 1.69. The maximum atomic E-state index is 11.5. The summed E-state index contributed by atoms with van der Waals surface area (Å²) in [6.45, 7) is -0.283. The van der Waals surface area contributed by atoms with Gasteiger partial charge in [0, 0.05) is 12.5 Å². The van der Waals surface area contributed by atoms with Crippen LogP contribution in [0.25, 0.3) is 0 Å². The molecule has 1 fully saturated rings. The van der Waals surface area contributed by atoms with E-state index in [-0.39, 0.29) is 24.4 Å². The monoisotopic (exact) mass is 227 g/mol. The predicted molar refractivity (Wildman–Crippen MR) is 54.5 cm³/mol. The van der Waals surface area contributed by atoms with Crippen LogP contribution in [0.1, 0.15) is 12.6 Å². The molecule has 88 valence electrons. The first-order chi connectivity index (χ1) is 7.61. The number of hydrogen-bond donors (Lipinski definition) is 3. The molecule has 1 aliphatic rings. The van der Waals surface area contributed by atoms with E-state index in [1.807, 2.05) is 0 Å². The summed E-state index contributed by atoms with van der Waals surface area (Å²) in [5.74, 6) is 0.138. The molecule has 0 radical (unpaired) electrons. The molecule has 2 rings (SSSR count). The molecule has 0 unspecified atom stereocenters. The average molecular weight is 227 g/mol. The van der Waals surface area contributed by atoms with Gasteiger partial charge in [0.05, 0.1) is 12.7 Å². The van der Waals surface area contributed by atoms with E-state index in [1.54, 1.807) is 0 Å². The molecule has 1 saturated heterocycles. The predicted octanol–water partition coefficient (Wildman–Crippen LogP) is -1.53. The summed E-state index contributed by atoms with van der Waals surface area (Å²) in [6.07, 6.45) is -0.521. The molecule has 1 aromatic heterocycles. The quantitative estimate of drug-likeness (QED) is 0.565. The molecule has 0 amide bonds. The second kappa shape index (κ2) is 4.20. The lowest BCUT2D eigenvalue weighted by molar-refractivity contribution is -0.0457. The first-order valence-electron chi connectivity index (χ1n) is 4.90. The molecule has 0 aliphatic carbocycles. The van der Waals surface area contributed by atoms with Crippen molar-refractivity contribution in [1.29, 1.82) is 0 Å². The van der Waals surface area contributed by atoms with Crippen molar-refractivity contribution in [2.75, 3.05) is 12.3 Å². The van der Waals surface area contributed by atoms with Crippen molar-refractivity contribution >= 4 is 5.82 Å². The molecule has 7 nitrogen and oxygen atoms in total. The van der Waals surface area contributed by atoms with Gasteiger partial charge in [-0.2, -0.15) is 0 Å². The largest absolute Gasteiger partial charge is 0.394 e. The van der Waals surface area contributed by atoms with Gasteiger partial charge in [0.15, 0.2) is 0 Å². The lowest BCUT2D eigenvalue weighted by Gasteiger charge is -2.13. The van der Waals surface area contributed by atoms with E-state index in [9.17, 15) is 9.90 Å².